The van der Waals surface area contributed by atoms with E-state index in [1.807, 2.05) is 49.4 Å². The minimum Gasteiger partial charge on any atom is -0.490 e. The normalized spacial score (nSPS) is 10.9. The van der Waals surface area contributed by atoms with E-state index in [2.05, 4.69) is 44.4 Å². The van der Waals surface area contributed by atoms with Gasteiger partial charge < -0.3 is 14.8 Å². The van der Waals surface area contributed by atoms with E-state index in [4.69, 9.17) is 9.47 Å². The highest BCUT2D eigenvalue weighted by atomic mass is 32.2. The quantitative estimate of drug-likeness (QED) is 0.213. The number of tetrazole rings is 1. The number of benzene rings is 2. The zero-order valence-electron chi connectivity index (χ0n) is 18.5. The molecule has 2 heterocycles. The third-order valence-electron chi connectivity index (χ3n) is 4.76. The summed E-state index contributed by atoms with van der Waals surface area (Å²) in [6.07, 6.45) is 1.01. The Balaban J connectivity index is 1.21. The third kappa shape index (κ3) is 6.80. The fourth-order valence-corrected chi connectivity index (χ4v) is 4.63. The van der Waals surface area contributed by atoms with Crippen LogP contribution in [0.5, 0.6) is 11.5 Å². The van der Waals surface area contributed by atoms with Crippen molar-refractivity contribution in [2.24, 2.45) is 0 Å². The zero-order chi connectivity index (χ0) is 22.7. The van der Waals surface area contributed by atoms with Crippen LogP contribution in [0, 0.1) is 0 Å². The number of rotatable bonds is 13. The van der Waals surface area contributed by atoms with Crippen LogP contribution in [-0.4, -0.2) is 39.1 Å². The van der Waals surface area contributed by atoms with Crippen molar-refractivity contribution in [3.8, 4) is 17.2 Å². The van der Waals surface area contributed by atoms with Gasteiger partial charge in [-0.15, -0.1) is 16.4 Å². The highest BCUT2D eigenvalue weighted by molar-refractivity contribution is 7.99. The van der Waals surface area contributed by atoms with E-state index >= 15 is 0 Å². The van der Waals surface area contributed by atoms with Crippen molar-refractivity contribution in [3.63, 3.8) is 0 Å². The molecule has 4 aromatic rings. The van der Waals surface area contributed by atoms with Gasteiger partial charge in [0.1, 0.15) is 6.61 Å². The molecule has 2 aromatic heterocycles. The summed E-state index contributed by atoms with van der Waals surface area (Å²) in [5, 5.41) is 18.4. The van der Waals surface area contributed by atoms with Gasteiger partial charge in [-0.1, -0.05) is 42.1 Å². The minimum atomic E-state index is 0.556. The average molecular weight is 482 g/mol. The molecule has 0 aliphatic rings. The Kier molecular flexibility index (Phi) is 8.74. The first-order chi connectivity index (χ1) is 16.3. The average Bonchev–Trinajstić information content (AvgIpc) is 3.54. The molecule has 2 aromatic carbocycles. The molecule has 0 saturated carbocycles. The molecule has 172 valence electrons. The summed E-state index contributed by atoms with van der Waals surface area (Å²) < 4.78 is 13.5. The monoisotopic (exact) mass is 481 g/mol. The van der Waals surface area contributed by atoms with Crippen LogP contribution in [0.2, 0.25) is 0 Å². The van der Waals surface area contributed by atoms with Gasteiger partial charge in [0.05, 0.1) is 12.3 Å². The van der Waals surface area contributed by atoms with E-state index in [9.17, 15) is 0 Å². The zero-order valence-corrected chi connectivity index (χ0v) is 20.1. The lowest BCUT2D eigenvalue weighted by molar-refractivity contribution is 0.271. The second-order valence-corrected chi connectivity index (χ2v) is 9.26. The Labute approximate surface area is 202 Å². The minimum absolute atomic E-state index is 0.556. The van der Waals surface area contributed by atoms with Gasteiger partial charge >= 0.3 is 0 Å². The summed E-state index contributed by atoms with van der Waals surface area (Å²) >= 11 is 3.35. The molecule has 0 radical (unpaired) electrons. The van der Waals surface area contributed by atoms with Gasteiger partial charge in [0.15, 0.2) is 11.5 Å². The van der Waals surface area contributed by atoms with Gasteiger partial charge in [-0.2, -0.15) is 4.68 Å². The largest absolute Gasteiger partial charge is 0.490 e. The van der Waals surface area contributed by atoms with Crippen molar-refractivity contribution in [1.29, 1.82) is 0 Å². The van der Waals surface area contributed by atoms with E-state index in [0.717, 1.165) is 47.6 Å². The van der Waals surface area contributed by atoms with Crippen molar-refractivity contribution >= 4 is 23.1 Å². The molecular weight excluding hydrogens is 454 g/mol. The number of thioether (sulfide) groups is 1. The van der Waals surface area contributed by atoms with Gasteiger partial charge in [-0.05, 0) is 71.6 Å². The maximum atomic E-state index is 5.97. The highest BCUT2D eigenvalue weighted by Gasteiger charge is 2.09. The first-order valence-electron chi connectivity index (χ1n) is 10.9. The summed E-state index contributed by atoms with van der Waals surface area (Å²) in [6, 6.07) is 20.2. The molecule has 9 heteroatoms. The van der Waals surface area contributed by atoms with Crippen LogP contribution in [0.15, 0.2) is 71.2 Å². The molecule has 0 saturated heterocycles. The summed E-state index contributed by atoms with van der Waals surface area (Å²) in [5.41, 5.74) is 2.14. The first-order valence-corrected chi connectivity index (χ1v) is 12.8. The van der Waals surface area contributed by atoms with Crippen LogP contribution in [0.4, 0.5) is 0 Å². The molecule has 4 rings (SSSR count). The van der Waals surface area contributed by atoms with Crippen molar-refractivity contribution in [2.75, 3.05) is 18.9 Å². The summed E-state index contributed by atoms with van der Waals surface area (Å²) in [6.45, 7) is 4.82. The summed E-state index contributed by atoms with van der Waals surface area (Å²) in [7, 11) is 0. The summed E-state index contributed by atoms with van der Waals surface area (Å²) in [4.78, 5) is 1.19. The lowest BCUT2D eigenvalue weighted by Gasteiger charge is -2.13. The third-order valence-corrected chi connectivity index (χ3v) is 6.61. The van der Waals surface area contributed by atoms with Gasteiger partial charge in [-0.3, -0.25) is 0 Å². The fraction of sp³-hybridized carbons (Fsp3) is 0.292. The topological polar surface area (TPSA) is 74.1 Å². The lowest BCUT2D eigenvalue weighted by Crippen LogP contribution is -2.15. The van der Waals surface area contributed by atoms with Crippen molar-refractivity contribution < 1.29 is 9.47 Å². The number of nitrogens with one attached hydrogen (secondary N) is 1. The molecule has 0 aliphatic carbocycles. The van der Waals surface area contributed by atoms with Crippen LogP contribution < -0.4 is 14.8 Å². The predicted octanol–water partition coefficient (Wildman–Crippen LogP) is 4.97. The van der Waals surface area contributed by atoms with E-state index in [1.165, 1.54) is 10.4 Å². The highest BCUT2D eigenvalue weighted by Crippen LogP contribution is 2.29. The Morgan fingerprint density at radius 3 is 2.76 bits per heavy atom. The number of nitrogens with zero attached hydrogens (tertiary/aromatic N) is 4. The molecule has 0 unspecified atom stereocenters. The van der Waals surface area contributed by atoms with Crippen LogP contribution in [0.1, 0.15) is 23.8 Å². The Hall–Kier alpha value is -2.88. The fourth-order valence-electron chi connectivity index (χ4n) is 3.19. The van der Waals surface area contributed by atoms with Gasteiger partial charge in [0, 0.05) is 17.2 Å². The number of hydrogen-bond acceptors (Lipinski definition) is 8. The molecule has 0 spiro atoms. The molecule has 0 aliphatic heterocycles. The summed E-state index contributed by atoms with van der Waals surface area (Å²) in [5.74, 6) is 2.50. The standard InChI is InChI=1S/C24H27N5O2S2/c1-2-30-23-16-19(11-12-22(23)31-18-21-10-6-14-32-21)17-25-13-7-15-33-24-26-27-28-29(24)20-8-4-3-5-9-20/h3-6,8-12,14,16,25H,2,7,13,15,17-18H2,1H3. The Morgan fingerprint density at radius 1 is 1.03 bits per heavy atom. The van der Waals surface area contributed by atoms with Crippen LogP contribution in [0.25, 0.3) is 5.69 Å². The van der Waals surface area contributed by atoms with Crippen LogP contribution >= 0.6 is 23.1 Å². The number of ether oxygens (including phenoxy) is 2. The van der Waals surface area contributed by atoms with Gasteiger partial charge in [0.2, 0.25) is 5.16 Å². The van der Waals surface area contributed by atoms with Crippen molar-refractivity contribution in [1.82, 2.24) is 25.5 Å². The SMILES string of the molecule is CCOc1cc(CNCCCSc2nnnn2-c2ccccc2)ccc1OCc1cccs1. The lowest BCUT2D eigenvalue weighted by atomic mass is 10.2. The number of thiophene rings is 1. The molecule has 0 atom stereocenters. The van der Waals surface area contributed by atoms with E-state index in [1.54, 1.807) is 27.8 Å². The number of aromatic nitrogens is 4. The molecule has 0 amide bonds. The number of para-hydroxylation sites is 1. The van der Waals surface area contributed by atoms with E-state index in [-0.39, 0.29) is 0 Å². The van der Waals surface area contributed by atoms with Gasteiger partial charge in [-0.25, -0.2) is 0 Å². The maximum Gasteiger partial charge on any atom is 0.214 e. The molecule has 0 fully saturated rings. The predicted molar refractivity (Wildman–Crippen MR) is 132 cm³/mol. The second-order valence-electron chi connectivity index (χ2n) is 7.17. The van der Waals surface area contributed by atoms with Crippen molar-refractivity contribution in [2.45, 2.75) is 31.7 Å². The maximum absolute atomic E-state index is 5.97. The van der Waals surface area contributed by atoms with Crippen LogP contribution in [-0.2, 0) is 13.2 Å². The van der Waals surface area contributed by atoms with E-state index in [0.29, 0.717) is 13.2 Å². The first kappa shape index (κ1) is 23.3. The van der Waals surface area contributed by atoms with Gasteiger partial charge in [0.25, 0.3) is 0 Å². The van der Waals surface area contributed by atoms with Crippen molar-refractivity contribution in [3.05, 3.63) is 76.5 Å². The van der Waals surface area contributed by atoms with E-state index < -0.39 is 0 Å². The Morgan fingerprint density at radius 2 is 1.94 bits per heavy atom. The molecule has 7 nitrogen and oxygen atoms in total. The molecular formula is C24H27N5O2S2. The molecule has 33 heavy (non-hydrogen) atoms. The molecule has 0 bridgehead atoms. The smallest absolute Gasteiger partial charge is 0.214 e. The molecule has 1 N–H and O–H groups in total. The second kappa shape index (κ2) is 12.4. The Bertz CT molecular complexity index is 1100. The van der Waals surface area contributed by atoms with Crippen LogP contribution in [0.3, 0.4) is 0 Å². The number of hydrogen-bond donors (Lipinski definition) is 1.